The second-order valence-corrected chi connectivity index (χ2v) is 0.901. The third kappa shape index (κ3) is 2.39. The first kappa shape index (κ1) is 7.20. The van der Waals surface area contributed by atoms with E-state index in [0.29, 0.717) is 0 Å². The molecule has 0 saturated heterocycles. The van der Waals surface area contributed by atoms with E-state index in [1.54, 1.807) is 0 Å². The Bertz CT molecular complexity index is 120. The standard InChI is InChI=1S/C4H2F4/c5-2-1-3(6)4(7)8/h1-2H. The van der Waals surface area contributed by atoms with Gasteiger partial charge in [-0.15, -0.1) is 0 Å². The minimum absolute atomic E-state index is 0.0370. The Morgan fingerprint density at radius 2 is 1.62 bits per heavy atom. The average Bonchev–Trinajstić information content (AvgIpc) is 1.67. The Kier molecular flexibility index (Phi) is 2.91. The quantitative estimate of drug-likeness (QED) is 0.374. The monoisotopic (exact) mass is 126 g/mol. The normalized spacial score (nSPS) is 10.0. The van der Waals surface area contributed by atoms with Crippen LogP contribution in [0.15, 0.2) is 24.3 Å². The lowest BCUT2D eigenvalue weighted by Gasteiger charge is -1.77. The lowest BCUT2D eigenvalue weighted by molar-refractivity contribution is 0.386. The summed E-state index contributed by atoms with van der Waals surface area (Å²) in [6.07, 6.45) is -2.77. The van der Waals surface area contributed by atoms with Gasteiger partial charge in [0.15, 0.2) is 5.83 Å². The zero-order valence-corrected chi connectivity index (χ0v) is 3.67. The number of rotatable bonds is 1. The van der Waals surface area contributed by atoms with Crippen LogP contribution in [0.25, 0.3) is 0 Å². The van der Waals surface area contributed by atoms with Crippen LogP contribution < -0.4 is 0 Å². The highest BCUT2D eigenvalue weighted by molar-refractivity contribution is 5.08. The molecule has 0 aliphatic carbocycles. The zero-order valence-electron chi connectivity index (χ0n) is 3.67. The van der Waals surface area contributed by atoms with E-state index >= 15 is 0 Å². The van der Waals surface area contributed by atoms with Gasteiger partial charge in [0, 0.05) is 6.08 Å². The van der Waals surface area contributed by atoms with Crippen LogP contribution in [-0.4, -0.2) is 0 Å². The van der Waals surface area contributed by atoms with Crippen LogP contribution >= 0.6 is 0 Å². The molecule has 46 valence electrons. The molecule has 0 heterocycles. The third-order valence-electron chi connectivity index (χ3n) is 0.390. The number of hydrogen-bond acceptors (Lipinski definition) is 0. The Hall–Kier alpha value is -0.800. The van der Waals surface area contributed by atoms with E-state index in [-0.39, 0.29) is 12.4 Å². The molecular weight excluding hydrogens is 124 g/mol. The van der Waals surface area contributed by atoms with Crippen molar-refractivity contribution in [1.82, 2.24) is 0 Å². The molecule has 0 rings (SSSR count). The fourth-order valence-electron chi connectivity index (χ4n) is 0.118. The largest absolute Gasteiger partial charge is 0.305 e. The van der Waals surface area contributed by atoms with Crippen molar-refractivity contribution in [2.45, 2.75) is 0 Å². The number of allylic oxidation sites excluding steroid dienone is 2. The molecule has 8 heavy (non-hydrogen) atoms. The second-order valence-electron chi connectivity index (χ2n) is 0.901. The van der Waals surface area contributed by atoms with Gasteiger partial charge in [0.05, 0.1) is 6.33 Å². The smallest absolute Gasteiger partial charge is 0.215 e. The predicted molar refractivity (Wildman–Crippen MR) is 20.6 cm³/mol. The van der Waals surface area contributed by atoms with Crippen molar-refractivity contribution in [3.63, 3.8) is 0 Å². The Morgan fingerprint density at radius 1 is 1.12 bits per heavy atom. The zero-order chi connectivity index (χ0) is 6.57. The fourth-order valence-corrected chi connectivity index (χ4v) is 0.118. The molecule has 0 spiro atoms. The molecule has 0 aromatic heterocycles. The van der Waals surface area contributed by atoms with E-state index < -0.39 is 11.9 Å². The highest BCUT2D eigenvalue weighted by Gasteiger charge is 1.97. The number of hydrogen-bond donors (Lipinski definition) is 0. The van der Waals surface area contributed by atoms with E-state index in [0.717, 1.165) is 0 Å². The molecule has 0 aliphatic rings. The third-order valence-corrected chi connectivity index (χ3v) is 0.390. The number of halogens is 4. The van der Waals surface area contributed by atoms with Crippen LogP contribution in [0.1, 0.15) is 0 Å². The summed E-state index contributed by atoms with van der Waals surface area (Å²) in [6.45, 7) is 0. The van der Waals surface area contributed by atoms with Crippen LogP contribution in [0.5, 0.6) is 0 Å². The molecule has 0 radical (unpaired) electrons. The first-order chi connectivity index (χ1) is 3.68. The van der Waals surface area contributed by atoms with E-state index in [9.17, 15) is 17.6 Å². The molecule has 0 amide bonds. The Balaban J connectivity index is 4.00. The van der Waals surface area contributed by atoms with Crippen molar-refractivity contribution in [2.24, 2.45) is 0 Å². The first-order valence-corrected chi connectivity index (χ1v) is 1.66. The van der Waals surface area contributed by atoms with Gasteiger partial charge in [-0.1, -0.05) is 0 Å². The van der Waals surface area contributed by atoms with Gasteiger partial charge in [-0.05, 0) is 0 Å². The maximum absolute atomic E-state index is 11.3. The van der Waals surface area contributed by atoms with Crippen molar-refractivity contribution < 1.29 is 17.6 Å². The van der Waals surface area contributed by atoms with E-state index in [1.165, 1.54) is 0 Å². The average molecular weight is 126 g/mol. The van der Waals surface area contributed by atoms with Gasteiger partial charge in [-0.3, -0.25) is 0 Å². The van der Waals surface area contributed by atoms with Crippen molar-refractivity contribution in [2.75, 3.05) is 0 Å². The van der Waals surface area contributed by atoms with Crippen LogP contribution in [0.4, 0.5) is 17.6 Å². The van der Waals surface area contributed by atoms with Gasteiger partial charge < -0.3 is 0 Å². The van der Waals surface area contributed by atoms with E-state index in [2.05, 4.69) is 0 Å². The summed E-state index contributed by atoms with van der Waals surface area (Å²) in [5.74, 6) is -1.84. The molecule has 0 saturated carbocycles. The SMILES string of the molecule is FC=CC(F)=C(F)F. The topological polar surface area (TPSA) is 0 Å². The van der Waals surface area contributed by atoms with Crippen molar-refractivity contribution in [3.05, 3.63) is 24.3 Å². The van der Waals surface area contributed by atoms with Crippen LogP contribution in [0.2, 0.25) is 0 Å². The van der Waals surface area contributed by atoms with Gasteiger partial charge in [0.2, 0.25) is 0 Å². The van der Waals surface area contributed by atoms with Crippen molar-refractivity contribution in [1.29, 1.82) is 0 Å². The molecule has 0 N–H and O–H groups in total. The van der Waals surface area contributed by atoms with Crippen LogP contribution in [0, 0.1) is 0 Å². The minimum atomic E-state index is -2.51. The maximum Gasteiger partial charge on any atom is 0.305 e. The fraction of sp³-hybridized carbons (Fsp3) is 0. The summed E-state index contributed by atoms with van der Waals surface area (Å²) in [4.78, 5) is 0. The second kappa shape index (κ2) is 3.23. The molecule has 0 nitrogen and oxygen atoms in total. The van der Waals surface area contributed by atoms with E-state index in [1.807, 2.05) is 0 Å². The summed E-state index contributed by atoms with van der Waals surface area (Å²) < 4.78 is 43.9. The molecule has 0 aliphatic heterocycles. The van der Waals surface area contributed by atoms with Crippen LogP contribution in [0.3, 0.4) is 0 Å². The first-order valence-electron chi connectivity index (χ1n) is 1.66. The molecule has 0 aromatic carbocycles. The van der Waals surface area contributed by atoms with Gasteiger partial charge in [0.1, 0.15) is 0 Å². The van der Waals surface area contributed by atoms with Gasteiger partial charge in [-0.2, -0.15) is 8.78 Å². The Labute approximate surface area is 43.1 Å². The Morgan fingerprint density at radius 3 is 1.75 bits per heavy atom. The summed E-state index contributed by atoms with van der Waals surface area (Å²) >= 11 is 0. The van der Waals surface area contributed by atoms with Crippen molar-refractivity contribution >= 4 is 0 Å². The molecule has 0 unspecified atom stereocenters. The predicted octanol–water partition coefficient (Wildman–Crippen LogP) is 2.55. The summed E-state index contributed by atoms with van der Waals surface area (Å²) in [7, 11) is 0. The molecular formula is C4H2F4. The van der Waals surface area contributed by atoms with Crippen molar-refractivity contribution in [3.8, 4) is 0 Å². The van der Waals surface area contributed by atoms with E-state index in [4.69, 9.17) is 0 Å². The summed E-state index contributed by atoms with van der Waals surface area (Å²) in [5.41, 5.74) is 0. The van der Waals surface area contributed by atoms with Gasteiger partial charge in [0.25, 0.3) is 0 Å². The lowest BCUT2D eigenvalue weighted by Crippen LogP contribution is -1.64. The molecule has 4 heteroatoms. The summed E-state index contributed by atoms with van der Waals surface area (Å²) in [6, 6.07) is 0. The lowest BCUT2D eigenvalue weighted by atomic mass is 10.6. The van der Waals surface area contributed by atoms with Crippen LogP contribution in [-0.2, 0) is 0 Å². The summed E-state index contributed by atoms with van der Waals surface area (Å²) in [5, 5.41) is 0. The highest BCUT2D eigenvalue weighted by atomic mass is 19.3. The minimum Gasteiger partial charge on any atom is -0.215 e. The molecule has 0 aromatic rings. The van der Waals surface area contributed by atoms with Gasteiger partial charge in [-0.25, -0.2) is 8.78 Å². The highest BCUT2D eigenvalue weighted by Crippen LogP contribution is 2.09. The molecule has 0 fully saturated rings. The molecule has 0 bridgehead atoms. The van der Waals surface area contributed by atoms with Gasteiger partial charge >= 0.3 is 6.08 Å². The molecule has 0 atom stereocenters. The maximum atomic E-state index is 11.3.